The molecule has 1 unspecified atom stereocenters. The van der Waals surface area contributed by atoms with E-state index in [-0.39, 0.29) is 5.91 Å². The van der Waals surface area contributed by atoms with Crippen LogP contribution in [0.25, 0.3) is 0 Å². The lowest BCUT2D eigenvalue weighted by Gasteiger charge is -2.10. The van der Waals surface area contributed by atoms with Crippen LogP contribution in [0.5, 0.6) is 0 Å². The molecule has 1 atom stereocenters. The van der Waals surface area contributed by atoms with Crippen molar-refractivity contribution in [2.24, 2.45) is 0 Å². The fourth-order valence-corrected chi connectivity index (χ4v) is 3.53. The second-order valence-corrected chi connectivity index (χ2v) is 8.78. The largest absolute Gasteiger partial charge is 0.354 e. The molecule has 31 heavy (non-hydrogen) atoms. The second-order valence-electron chi connectivity index (χ2n) is 8.78. The van der Waals surface area contributed by atoms with Crippen LogP contribution in [-0.2, 0) is 4.79 Å². The van der Waals surface area contributed by atoms with Gasteiger partial charge in [0, 0.05) is 25.3 Å². The molecule has 0 rings (SSSR count). The summed E-state index contributed by atoms with van der Waals surface area (Å²) >= 11 is 0. The zero-order valence-corrected chi connectivity index (χ0v) is 21.5. The number of carbonyl (C=O) groups is 1. The molecule has 2 nitrogen and oxygen atoms in total. The molecule has 182 valence electrons. The van der Waals surface area contributed by atoms with Crippen molar-refractivity contribution >= 4 is 5.91 Å². The first-order valence-electron chi connectivity index (χ1n) is 13.5. The molecule has 0 aromatic carbocycles. The maximum Gasteiger partial charge on any atom is 0.220 e. The number of unbranched alkanes of at least 4 members (excludes halogenated alkanes) is 16. The van der Waals surface area contributed by atoms with Gasteiger partial charge in [-0.05, 0) is 32.6 Å². The molecule has 0 aromatic heterocycles. The number of hydrogen-bond acceptors (Lipinski definition) is 1. The standard InChI is InChI=1S/C27H51NO.C2H4/c1-4-6-7-8-9-10-11-12-13-14-15-16-17-18-19-20-21-22-23-24-25-27(29)28-26(3)5-2;1-2/h26H,4-15,18-25H2,1-3H3,(H,28,29);1-2H2. The van der Waals surface area contributed by atoms with Crippen LogP contribution in [-0.4, -0.2) is 11.9 Å². The molecule has 1 amide bonds. The number of rotatable bonds is 20. The summed E-state index contributed by atoms with van der Waals surface area (Å²) in [6, 6.07) is 0.314. The van der Waals surface area contributed by atoms with Gasteiger partial charge in [-0.25, -0.2) is 0 Å². The fraction of sp³-hybridized carbons (Fsp3) is 0.828. The van der Waals surface area contributed by atoms with Crippen molar-refractivity contribution in [2.45, 2.75) is 155 Å². The quantitative estimate of drug-likeness (QED) is 0.116. The molecule has 0 saturated carbocycles. The monoisotopic (exact) mass is 433 g/mol. The Labute approximate surface area is 196 Å². The first-order valence-corrected chi connectivity index (χ1v) is 13.5. The molecule has 0 aliphatic carbocycles. The van der Waals surface area contributed by atoms with Gasteiger partial charge in [0.2, 0.25) is 5.91 Å². The van der Waals surface area contributed by atoms with E-state index in [0.29, 0.717) is 12.5 Å². The van der Waals surface area contributed by atoms with Crippen molar-refractivity contribution in [3.05, 3.63) is 13.2 Å². The van der Waals surface area contributed by atoms with E-state index in [1.165, 1.54) is 96.3 Å². The Hall–Kier alpha value is -1.23. The van der Waals surface area contributed by atoms with E-state index < -0.39 is 0 Å². The van der Waals surface area contributed by atoms with Crippen LogP contribution in [0, 0.1) is 11.8 Å². The SMILES string of the molecule is C=C.CCCCCCCCCCCCC#CCCCCCCCCC(=O)NC(C)CC. The van der Waals surface area contributed by atoms with E-state index in [2.05, 4.69) is 51.1 Å². The fourth-order valence-electron chi connectivity index (χ4n) is 3.53. The predicted molar refractivity (Wildman–Crippen MR) is 140 cm³/mol. The molecule has 0 bridgehead atoms. The van der Waals surface area contributed by atoms with E-state index in [1.54, 1.807) is 0 Å². The van der Waals surface area contributed by atoms with E-state index in [4.69, 9.17) is 0 Å². The minimum atomic E-state index is 0.219. The van der Waals surface area contributed by atoms with Crippen LogP contribution in [0.4, 0.5) is 0 Å². The summed E-state index contributed by atoms with van der Waals surface area (Å²) in [7, 11) is 0. The van der Waals surface area contributed by atoms with Gasteiger partial charge in [-0.3, -0.25) is 4.79 Å². The van der Waals surface area contributed by atoms with E-state index in [1.807, 2.05) is 0 Å². The van der Waals surface area contributed by atoms with Gasteiger partial charge in [-0.2, -0.15) is 0 Å². The molecule has 0 saturated heterocycles. The molecule has 0 aliphatic rings. The molecule has 0 spiro atoms. The van der Waals surface area contributed by atoms with Crippen LogP contribution < -0.4 is 5.32 Å². The van der Waals surface area contributed by atoms with Crippen molar-refractivity contribution in [2.75, 3.05) is 0 Å². The molecular weight excluding hydrogens is 378 g/mol. The summed E-state index contributed by atoms with van der Waals surface area (Å²) in [5, 5.41) is 3.04. The van der Waals surface area contributed by atoms with E-state index in [9.17, 15) is 4.79 Å². The van der Waals surface area contributed by atoms with Gasteiger partial charge >= 0.3 is 0 Å². The van der Waals surface area contributed by atoms with Crippen molar-refractivity contribution in [1.82, 2.24) is 5.32 Å². The van der Waals surface area contributed by atoms with Crippen LogP contribution in [0.2, 0.25) is 0 Å². The highest BCUT2D eigenvalue weighted by molar-refractivity contribution is 5.76. The molecule has 2 heteroatoms. The van der Waals surface area contributed by atoms with Crippen LogP contribution in [0.3, 0.4) is 0 Å². The molecule has 0 aliphatic heterocycles. The van der Waals surface area contributed by atoms with Gasteiger partial charge in [-0.1, -0.05) is 97.3 Å². The van der Waals surface area contributed by atoms with E-state index in [0.717, 1.165) is 25.7 Å². The molecule has 0 radical (unpaired) electrons. The van der Waals surface area contributed by atoms with Gasteiger partial charge < -0.3 is 5.32 Å². The first kappa shape index (κ1) is 32.0. The first-order chi connectivity index (χ1) is 15.2. The summed E-state index contributed by atoms with van der Waals surface area (Å²) in [6.45, 7) is 12.5. The summed E-state index contributed by atoms with van der Waals surface area (Å²) in [6.07, 6.45) is 25.1. The molecule has 1 N–H and O–H groups in total. The topological polar surface area (TPSA) is 29.1 Å². The lowest BCUT2D eigenvalue weighted by Crippen LogP contribution is -2.31. The third kappa shape index (κ3) is 28.8. The molecule has 0 aromatic rings. The minimum Gasteiger partial charge on any atom is -0.354 e. The van der Waals surface area contributed by atoms with Crippen molar-refractivity contribution in [1.29, 1.82) is 0 Å². The van der Waals surface area contributed by atoms with Crippen LogP contribution in [0.15, 0.2) is 13.2 Å². The lowest BCUT2D eigenvalue weighted by atomic mass is 10.1. The normalized spacial score (nSPS) is 11.1. The van der Waals surface area contributed by atoms with Crippen molar-refractivity contribution in [3.63, 3.8) is 0 Å². The average Bonchev–Trinajstić information content (AvgIpc) is 2.79. The van der Waals surface area contributed by atoms with Crippen molar-refractivity contribution in [3.8, 4) is 11.8 Å². The molecule has 0 fully saturated rings. The maximum atomic E-state index is 11.7. The minimum absolute atomic E-state index is 0.219. The highest BCUT2D eigenvalue weighted by Crippen LogP contribution is 2.11. The van der Waals surface area contributed by atoms with Crippen molar-refractivity contribution < 1.29 is 4.79 Å². The average molecular weight is 434 g/mol. The van der Waals surface area contributed by atoms with Gasteiger partial charge in [0.1, 0.15) is 0 Å². The summed E-state index contributed by atoms with van der Waals surface area (Å²) in [5.41, 5.74) is 0. The Balaban J connectivity index is 0. The van der Waals surface area contributed by atoms with E-state index >= 15 is 0 Å². The smallest absolute Gasteiger partial charge is 0.220 e. The second kappa shape index (κ2) is 28.8. The Morgan fingerprint density at radius 3 is 1.48 bits per heavy atom. The van der Waals surface area contributed by atoms with Crippen LogP contribution in [0.1, 0.15) is 149 Å². The Morgan fingerprint density at radius 1 is 0.677 bits per heavy atom. The number of nitrogens with one attached hydrogen (secondary N) is 1. The van der Waals surface area contributed by atoms with Gasteiger partial charge in [-0.15, -0.1) is 25.0 Å². The van der Waals surface area contributed by atoms with Gasteiger partial charge in [0.05, 0.1) is 0 Å². The zero-order chi connectivity index (χ0) is 23.4. The van der Waals surface area contributed by atoms with Crippen LogP contribution >= 0.6 is 0 Å². The Kier molecular flexibility index (Phi) is 29.7. The number of hydrogen-bond donors (Lipinski definition) is 1. The third-order valence-electron chi connectivity index (χ3n) is 5.76. The highest BCUT2D eigenvalue weighted by atomic mass is 16.1. The number of amides is 1. The molecular formula is C29H55NO. The Morgan fingerprint density at radius 2 is 1.06 bits per heavy atom. The summed E-state index contributed by atoms with van der Waals surface area (Å²) in [5.74, 6) is 6.93. The van der Waals surface area contributed by atoms with Gasteiger partial charge in [0.15, 0.2) is 0 Å². The molecule has 0 heterocycles. The van der Waals surface area contributed by atoms with Gasteiger partial charge in [0.25, 0.3) is 0 Å². The number of carbonyl (C=O) groups excluding carboxylic acids is 1. The summed E-state index contributed by atoms with van der Waals surface area (Å²) in [4.78, 5) is 11.7. The third-order valence-corrected chi connectivity index (χ3v) is 5.76. The lowest BCUT2D eigenvalue weighted by molar-refractivity contribution is -0.121. The Bertz CT molecular complexity index is 420. The summed E-state index contributed by atoms with van der Waals surface area (Å²) < 4.78 is 0. The predicted octanol–water partition coefficient (Wildman–Crippen LogP) is 9.14. The zero-order valence-electron chi connectivity index (χ0n) is 21.5. The highest BCUT2D eigenvalue weighted by Gasteiger charge is 2.04. The maximum absolute atomic E-state index is 11.7.